The zero-order valence-electron chi connectivity index (χ0n) is 21.5. The third kappa shape index (κ3) is 5.95. The smallest absolute Gasteiger partial charge is 0.380 e. The normalized spacial score (nSPS) is 14.5. The van der Waals surface area contributed by atoms with Crippen molar-refractivity contribution in [2.75, 3.05) is 24.4 Å². The second-order valence-corrected chi connectivity index (χ2v) is 11.7. The number of rotatable bonds is 10. The molecule has 0 radical (unpaired) electrons. The average Bonchev–Trinajstić information content (AvgIpc) is 3.43. The van der Waals surface area contributed by atoms with E-state index in [9.17, 15) is 21.4 Å². The second kappa shape index (κ2) is 10.9. The highest BCUT2D eigenvalue weighted by Crippen LogP contribution is 2.42. The van der Waals surface area contributed by atoms with Crippen LogP contribution in [0.2, 0.25) is 0 Å². The molecule has 12 nitrogen and oxygen atoms in total. The molecule has 0 saturated heterocycles. The molecule has 1 aliphatic heterocycles. The SMILES string of the molecule is CCNOS(=O)(=O)C[n+]1c(C=C2Oc3ccc(-c4ccccc4)cc3N2CS(=O)(=O)O)oc2ccc(OC)cc21. The number of aromatic nitrogens is 1. The van der Waals surface area contributed by atoms with Crippen molar-refractivity contribution < 1.29 is 44.1 Å². The molecule has 0 aliphatic carbocycles. The summed E-state index contributed by atoms with van der Waals surface area (Å²) in [4.78, 5) is 1.26. The first-order chi connectivity index (χ1) is 19.1. The van der Waals surface area contributed by atoms with Gasteiger partial charge in [0.2, 0.25) is 11.5 Å². The monoisotopic (exact) mass is 588 g/mol. The minimum Gasteiger partial charge on any atom is -0.497 e. The summed E-state index contributed by atoms with van der Waals surface area (Å²) in [7, 11) is -7.17. The Hall–Kier alpha value is -3.95. The Morgan fingerprint density at radius 1 is 1.02 bits per heavy atom. The van der Waals surface area contributed by atoms with Gasteiger partial charge in [-0.05, 0) is 35.4 Å². The number of ether oxygens (including phenoxy) is 2. The van der Waals surface area contributed by atoms with E-state index in [4.69, 9.17) is 18.2 Å². The van der Waals surface area contributed by atoms with Gasteiger partial charge in [0.15, 0.2) is 11.6 Å². The zero-order valence-corrected chi connectivity index (χ0v) is 23.1. The van der Waals surface area contributed by atoms with E-state index in [1.54, 1.807) is 37.3 Å². The number of hydroxylamine groups is 1. The van der Waals surface area contributed by atoms with E-state index < -0.39 is 32.0 Å². The molecule has 1 aliphatic rings. The molecule has 4 aromatic rings. The van der Waals surface area contributed by atoms with Gasteiger partial charge in [-0.3, -0.25) is 9.45 Å². The van der Waals surface area contributed by atoms with Gasteiger partial charge in [0.1, 0.15) is 11.8 Å². The Morgan fingerprint density at radius 3 is 2.50 bits per heavy atom. The molecular weight excluding hydrogens is 562 g/mol. The number of hydrogen-bond acceptors (Lipinski definition) is 10. The summed E-state index contributed by atoms with van der Waals surface area (Å²) in [5.74, 6) is -0.678. The molecule has 40 heavy (non-hydrogen) atoms. The lowest BCUT2D eigenvalue weighted by Crippen LogP contribution is -2.41. The van der Waals surface area contributed by atoms with Gasteiger partial charge in [-0.2, -0.15) is 26.6 Å². The van der Waals surface area contributed by atoms with E-state index in [0.29, 0.717) is 28.3 Å². The highest BCUT2D eigenvalue weighted by atomic mass is 32.2. The van der Waals surface area contributed by atoms with Crippen LogP contribution in [-0.4, -0.2) is 40.9 Å². The lowest BCUT2D eigenvalue weighted by atomic mass is 10.0. The third-order valence-electron chi connectivity index (χ3n) is 5.93. The second-order valence-electron chi connectivity index (χ2n) is 8.74. The van der Waals surface area contributed by atoms with Crippen LogP contribution in [0.4, 0.5) is 5.69 Å². The Kier molecular flexibility index (Phi) is 7.53. The number of benzene rings is 3. The molecule has 0 bridgehead atoms. The van der Waals surface area contributed by atoms with E-state index in [0.717, 1.165) is 11.1 Å². The number of hydrogen-bond donors (Lipinski definition) is 2. The van der Waals surface area contributed by atoms with Crippen molar-refractivity contribution >= 4 is 43.1 Å². The zero-order chi connectivity index (χ0) is 28.5. The molecule has 2 N–H and O–H groups in total. The van der Waals surface area contributed by atoms with Crippen molar-refractivity contribution in [1.29, 1.82) is 0 Å². The fourth-order valence-electron chi connectivity index (χ4n) is 4.20. The van der Waals surface area contributed by atoms with Crippen LogP contribution >= 0.6 is 0 Å². The van der Waals surface area contributed by atoms with Gasteiger partial charge in [-0.1, -0.05) is 43.3 Å². The van der Waals surface area contributed by atoms with Gasteiger partial charge >= 0.3 is 16.0 Å². The predicted octanol–water partition coefficient (Wildman–Crippen LogP) is 3.27. The molecule has 0 saturated carbocycles. The van der Waals surface area contributed by atoms with Crippen molar-refractivity contribution in [2.45, 2.75) is 12.8 Å². The molecule has 2 heterocycles. The van der Waals surface area contributed by atoms with E-state index in [-0.39, 0.29) is 18.3 Å². The fourth-order valence-corrected chi connectivity index (χ4v) is 5.73. The minimum absolute atomic E-state index is 0.0115. The van der Waals surface area contributed by atoms with Crippen LogP contribution < -0.4 is 24.4 Å². The van der Waals surface area contributed by atoms with Crippen molar-refractivity contribution in [1.82, 2.24) is 5.48 Å². The summed E-state index contributed by atoms with van der Waals surface area (Å²) in [6.07, 6.45) is 1.35. The summed E-state index contributed by atoms with van der Waals surface area (Å²) in [5.41, 5.74) is 5.10. The van der Waals surface area contributed by atoms with E-state index in [1.807, 2.05) is 36.4 Å². The van der Waals surface area contributed by atoms with Crippen LogP contribution in [0.15, 0.2) is 77.0 Å². The van der Waals surface area contributed by atoms with Gasteiger partial charge < -0.3 is 13.9 Å². The molecule has 0 atom stereocenters. The highest BCUT2D eigenvalue weighted by Gasteiger charge is 2.34. The topological polar surface area (TPSA) is 148 Å². The fraction of sp³-hybridized carbons (Fsp3) is 0.192. The summed E-state index contributed by atoms with van der Waals surface area (Å²) in [6, 6.07) is 19.5. The lowest BCUT2D eigenvalue weighted by molar-refractivity contribution is -0.658. The quantitative estimate of drug-likeness (QED) is 0.160. The summed E-state index contributed by atoms with van der Waals surface area (Å²) in [6.45, 7) is 1.93. The maximum absolute atomic E-state index is 12.7. The highest BCUT2D eigenvalue weighted by molar-refractivity contribution is 7.86. The average molecular weight is 589 g/mol. The van der Waals surface area contributed by atoms with Gasteiger partial charge in [0, 0.05) is 6.54 Å². The Labute approximate surface area is 230 Å². The molecule has 0 unspecified atom stereocenters. The maximum Gasteiger partial charge on any atom is 0.380 e. The Bertz CT molecular complexity index is 1800. The van der Waals surface area contributed by atoms with Gasteiger partial charge in [-0.15, -0.1) is 4.57 Å². The number of oxazole rings is 1. The van der Waals surface area contributed by atoms with Crippen molar-refractivity contribution in [3.8, 4) is 22.6 Å². The van der Waals surface area contributed by atoms with Crippen LogP contribution in [0.1, 0.15) is 12.8 Å². The first-order valence-corrected chi connectivity index (χ1v) is 15.2. The molecule has 0 fully saturated rings. The van der Waals surface area contributed by atoms with E-state index in [2.05, 4.69) is 5.48 Å². The van der Waals surface area contributed by atoms with Crippen LogP contribution in [0, 0.1) is 0 Å². The van der Waals surface area contributed by atoms with E-state index >= 15 is 0 Å². The lowest BCUT2D eigenvalue weighted by Gasteiger charge is -2.16. The van der Waals surface area contributed by atoms with Crippen molar-refractivity contribution in [2.24, 2.45) is 0 Å². The first kappa shape index (κ1) is 27.6. The van der Waals surface area contributed by atoms with E-state index in [1.165, 1.54) is 22.7 Å². The molecule has 0 spiro atoms. The van der Waals surface area contributed by atoms with Crippen LogP contribution in [0.3, 0.4) is 0 Å². The largest absolute Gasteiger partial charge is 0.497 e. The number of nitrogens with one attached hydrogen (secondary N) is 1. The molecule has 3 aromatic carbocycles. The predicted molar refractivity (Wildman–Crippen MR) is 146 cm³/mol. The number of methoxy groups -OCH3 is 1. The summed E-state index contributed by atoms with van der Waals surface area (Å²) < 4.78 is 82.5. The Morgan fingerprint density at radius 2 is 1.80 bits per heavy atom. The molecule has 14 heteroatoms. The van der Waals surface area contributed by atoms with Crippen LogP contribution in [0.25, 0.3) is 28.3 Å². The van der Waals surface area contributed by atoms with Crippen molar-refractivity contribution in [3.05, 3.63) is 78.5 Å². The van der Waals surface area contributed by atoms with Crippen LogP contribution in [-0.2, 0) is 30.4 Å². The number of anilines is 1. The molecule has 0 amide bonds. The van der Waals surface area contributed by atoms with Crippen molar-refractivity contribution in [3.63, 3.8) is 0 Å². The number of nitrogens with zero attached hydrogens (tertiary/aromatic N) is 2. The molecule has 1 aromatic heterocycles. The molecule has 5 rings (SSSR count). The summed E-state index contributed by atoms with van der Waals surface area (Å²) in [5, 5.41) is 0. The molecule has 210 valence electrons. The summed E-state index contributed by atoms with van der Waals surface area (Å²) >= 11 is 0. The molecular formula is C26H26N3O9S2+. The van der Waals surface area contributed by atoms with Gasteiger partial charge in [0.05, 0.1) is 18.9 Å². The first-order valence-electron chi connectivity index (χ1n) is 12.0. The minimum atomic E-state index is -4.51. The third-order valence-corrected chi connectivity index (χ3v) is 7.46. The standard InChI is InChI=1S/C26H25N3O9S2/c1-3-27-38-40(33,34)17-29-22-14-20(35-2)10-12-24(22)37-26(29)15-25-28(16-39(30,31)32)21-13-19(9-11-23(21)36-25)18-7-5-4-6-8-18/h4-15,27H,3,16-17H2,1-2H3/p+1. The Balaban J connectivity index is 1.63. The van der Waals surface area contributed by atoms with Gasteiger partial charge in [-0.25, -0.2) is 0 Å². The van der Waals surface area contributed by atoms with Crippen LogP contribution in [0.5, 0.6) is 11.5 Å². The maximum atomic E-state index is 12.7. The number of fused-ring (bicyclic) bond motifs is 2. The van der Waals surface area contributed by atoms with Gasteiger partial charge in [0.25, 0.3) is 21.5 Å².